The van der Waals surface area contributed by atoms with Gasteiger partial charge in [0.05, 0.1) is 5.92 Å². The normalized spacial score (nSPS) is 12.9. The molecule has 1 unspecified atom stereocenters. The second-order valence-electron chi connectivity index (χ2n) is 4.58. The molecule has 0 aliphatic heterocycles. The molecule has 18 heavy (non-hydrogen) atoms. The highest BCUT2D eigenvalue weighted by atomic mass is 16.4. The van der Waals surface area contributed by atoms with Crippen LogP contribution in [0, 0.1) is 26.7 Å². The molecule has 0 saturated carbocycles. The van der Waals surface area contributed by atoms with Crippen LogP contribution >= 0.6 is 0 Å². The van der Waals surface area contributed by atoms with Gasteiger partial charge in [-0.15, -0.1) is 0 Å². The number of aryl methyl sites for hydroxylation is 3. The molecule has 2 rings (SSSR count). The van der Waals surface area contributed by atoms with Gasteiger partial charge in [0.2, 0.25) is 0 Å². The first-order valence-electron chi connectivity index (χ1n) is 5.82. The lowest BCUT2D eigenvalue weighted by molar-refractivity contribution is -0.141. The van der Waals surface area contributed by atoms with Gasteiger partial charge in [-0.2, -0.15) is 10.1 Å². The number of hydrogen-bond acceptors (Lipinski definition) is 4. The lowest BCUT2D eigenvalue weighted by atomic mass is 9.99. The molecule has 0 bridgehead atoms. The van der Waals surface area contributed by atoms with Gasteiger partial charge in [-0.05, 0) is 32.8 Å². The molecule has 1 atom stereocenters. The van der Waals surface area contributed by atoms with E-state index < -0.39 is 11.9 Å². The van der Waals surface area contributed by atoms with E-state index in [4.69, 9.17) is 5.11 Å². The molecule has 96 valence electrons. The Morgan fingerprint density at radius 1 is 1.33 bits per heavy atom. The highest BCUT2D eigenvalue weighted by Gasteiger charge is 2.18. The Kier molecular flexibility index (Phi) is 3.02. The first kappa shape index (κ1) is 12.5. The Morgan fingerprint density at radius 3 is 2.61 bits per heavy atom. The molecule has 0 aliphatic rings. The zero-order valence-electron chi connectivity index (χ0n) is 10.9. The lowest BCUT2D eigenvalue weighted by Gasteiger charge is -2.12. The van der Waals surface area contributed by atoms with E-state index in [2.05, 4.69) is 15.1 Å². The average Bonchev–Trinajstić information content (AvgIpc) is 2.64. The summed E-state index contributed by atoms with van der Waals surface area (Å²) >= 11 is 0. The summed E-state index contributed by atoms with van der Waals surface area (Å²) in [4.78, 5) is 19.5. The Balaban J connectivity index is 2.53. The third kappa shape index (κ3) is 2.05. The van der Waals surface area contributed by atoms with Crippen molar-refractivity contribution >= 4 is 11.7 Å². The van der Waals surface area contributed by atoms with Gasteiger partial charge in [-0.25, -0.2) is 9.50 Å². The third-order valence-electron chi connectivity index (χ3n) is 3.09. The van der Waals surface area contributed by atoms with Crippen LogP contribution in [0.3, 0.4) is 0 Å². The van der Waals surface area contributed by atoms with Crippen LogP contribution in [-0.4, -0.2) is 30.7 Å². The van der Waals surface area contributed by atoms with Crippen LogP contribution in [0.5, 0.6) is 0 Å². The molecule has 2 aromatic heterocycles. The number of aromatic nitrogens is 4. The minimum Gasteiger partial charge on any atom is -0.481 e. The number of carboxylic acids is 1. The van der Waals surface area contributed by atoms with Crippen LogP contribution in [0.4, 0.5) is 0 Å². The largest absolute Gasteiger partial charge is 0.481 e. The Hall–Kier alpha value is -1.98. The highest BCUT2D eigenvalue weighted by molar-refractivity contribution is 5.70. The number of carboxylic acid groups (broad SMARTS) is 1. The second-order valence-corrected chi connectivity index (χ2v) is 4.58. The third-order valence-corrected chi connectivity index (χ3v) is 3.09. The number of fused-ring (bicyclic) bond motifs is 1. The molecule has 0 fully saturated rings. The van der Waals surface area contributed by atoms with E-state index in [-0.39, 0.29) is 0 Å². The van der Waals surface area contributed by atoms with Gasteiger partial charge in [0.1, 0.15) is 5.82 Å². The fraction of sp³-hybridized carbons (Fsp3) is 0.500. The fourth-order valence-corrected chi connectivity index (χ4v) is 2.00. The molecule has 0 radical (unpaired) electrons. The molecule has 6 heteroatoms. The van der Waals surface area contributed by atoms with Crippen molar-refractivity contribution < 1.29 is 9.90 Å². The topological polar surface area (TPSA) is 80.4 Å². The summed E-state index contributed by atoms with van der Waals surface area (Å²) in [6.07, 6.45) is 0.453. The monoisotopic (exact) mass is 248 g/mol. The van der Waals surface area contributed by atoms with E-state index in [1.165, 1.54) is 0 Å². The van der Waals surface area contributed by atoms with Gasteiger partial charge in [0.15, 0.2) is 0 Å². The van der Waals surface area contributed by atoms with Crippen LogP contribution in [-0.2, 0) is 11.2 Å². The Morgan fingerprint density at radius 2 is 2.00 bits per heavy atom. The number of aliphatic carboxylic acids is 1. The molecule has 0 saturated heterocycles. The fourth-order valence-electron chi connectivity index (χ4n) is 2.00. The molecule has 0 aromatic carbocycles. The smallest absolute Gasteiger partial charge is 0.306 e. The van der Waals surface area contributed by atoms with Crippen molar-refractivity contribution in [3.05, 3.63) is 22.8 Å². The summed E-state index contributed by atoms with van der Waals surface area (Å²) in [6, 6.07) is 0. The van der Waals surface area contributed by atoms with Gasteiger partial charge >= 0.3 is 5.97 Å². The molecule has 2 heterocycles. The van der Waals surface area contributed by atoms with Gasteiger partial charge in [0.25, 0.3) is 5.78 Å². The van der Waals surface area contributed by atoms with E-state index in [0.717, 1.165) is 17.0 Å². The van der Waals surface area contributed by atoms with Gasteiger partial charge < -0.3 is 5.11 Å². The zero-order valence-corrected chi connectivity index (χ0v) is 10.9. The Labute approximate surface area is 105 Å². The highest BCUT2D eigenvalue weighted by Crippen LogP contribution is 2.17. The summed E-state index contributed by atoms with van der Waals surface area (Å²) in [7, 11) is 0. The molecular formula is C12H16N4O2. The molecule has 6 nitrogen and oxygen atoms in total. The summed E-state index contributed by atoms with van der Waals surface area (Å²) in [5.41, 5.74) is 2.66. The summed E-state index contributed by atoms with van der Waals surface area (Å²) in [5.74, 6) is -0.0161. The van der Waals surface area contributed by atoms with Crippen molar-refractivity contribution in [3.63, 3.8) is 0 Å². The van der Waals surface area contributed by atoms with E-state index in [0.29, 0.717) is 18.0 Å². The number of nitrogens with zero attached hydrogens (tertiary/aromatic N) is 4. The van der Waals surface area contributed by atoms with Crippen molar-refractivity contribution in [1.82, 2.24) is 19.6 Å². The van der Waals surface area contributed by atoms with Crippen LogP contribution in [0.2, 0.25) is 0 Å². The van der Waals surface area contributed by atoms with Crippen LogP contribution in [0.1, 0.15) is 29.7 Å². The van der Waals surface area contributed by atoms with Crippen molar-refractivity contribution in [2.75, 3.05) is 0 Å². The van der Waals surface area contributed by atoms with Crippen LogP contribution in [0.15, 0.2) is 0 Å². The van der Waals surface area contributed by atoms with Crippen molar-refractivity contribution in [2.24, 2.45) is 5.92 Å². The van der Waals surface area contributed by atoms with E-state index in [1.807, 2.05) is 20.8 Å². The van der Waals surface area contributed by atoms with Gasteiger partial charge in [-0.3, -0.25) is 4.79 Å². The minimum atomic E-state index is -0.802. The summed E-state index contributed by atoms with van der Waals surface area (Å²) in [6.45, 7) is 7.29. The zero-order chi connectivity index (χ0) is 13.4. The van der Waals surface area contributed by atoms with Crippen molar-refractivity contribution in [1.29, 1.82) is 0 Å². The Bertz CT molecular complexity index is 618. The van der Waals surface area contributed by atoms with Gasteiger partial charge in [-0.1, -0.05) is 6.92 Å². The standard InChI is InChI=1S/C12H16N4O2/c1-6(11(17)18)5-10-7(2)13-12-14-9(4)15-16(12)8(10)3/h6H,5H2,1-4H3,(H,17,18). The lowest BCUT2D eigenvalue weighted by Crippen LogP contribution is -2.16. The van der Waals surface area contributed by atoms with Gasteiger partial charge in [0, 0.05) is 11.4 Å². The maximum atomic E-state index is 10.9. The first-order valence-corrected chi connectivity index (χ1v) is 5.82. The SMILES string of the molecule is Cc1nc2nc(C)c(CC(C)C(=O)O)c(C)n2n1. The number of hydrogen-bond donors (Lipinski definition) is 1. The maximum Gasteiger partial charge on any atom is 0.306 e. The number of carbonyl (C=O) groups is 1. The number of rotatable bonds is 3. The van der Waals surface area contributed by atoms with Crippen molar-refractivity contribution in [2.45, 2.75) is 34.1 Å². The average molecular weight is 248 g/mol. The predicted molar refractivity (Wildman–Crippen MR) is 65.5 cm³/mol. The van der Waals surface area contributed by atoms with E-state index >= 15 is 0 Å². The molecule has 0 amide bonds. The van der Waals surface area contributed by atoms with Crippen LogP contribution in [0.25, 0.3) is 5.78 Å². The van der Waals surface area contributed by atoms with E-state index in [9.17, 15) is 4.79 Å². The first-order chi connectivity index (χ1) is 8.40. The molecule has 0 spiro atoms. The predicted octanol–water partition coefficient (Wildman–Crippen LogP) is 1.31. The summed E-state index contributed by atoms with van der Waals surface area (Å²) < 4.78 is 1.67. The second kappa shape index (κ2) is 4.36. The minimum absolute atomic E-state index is 0.439. The molecule has 1 N–H and O–H groups in total. The quantitative estimate of drug-likeness (QED) is 0.885. The molecular weight excluding hydrogens is 232 g/mol. The van der Waals surface area contributed by atoms with Crippen molar-refractivity contribution in [3.8, 4) is 0 Å². The maximum absolute atomic E-state index is 10.9. The summed E-state index contributed by atoms with van der Waals surface area (Å²) in [5, 5.41) is 13.2. The van der Waals surface area contributed by atoms with Crippen LogP contribution < -0.4 is 0 Å². The molecule has 2 aromatic rings. The van der Waals surface area contributed by atoms with E-state index in [1.54, 1.807) is 11.4 Å². The molecule has 0 aliphatic carbocycles.